The van der Waals surface area contributed by atoms with E-state index in [1.54, 1.807) is 11.8 Å². The standard InChI is InChI=1S/C18H22N4OS/c1-12-19-13(2)22(20-12)15-7-5-9-21(11-15)18(23)17-10-14-6-3-4-8-16(14)24-17/h3-4,6,8,15,17H,5,7,9-11H2,1-2H3. The van der Waals surface area contributed by atoms with Crippen molar-refractivity contribution in [2.45, 2.75) is 49.3 Å². The molecule has 3 heterocycles. The monoisotopic (exact) mass is 342 g/mol. The van der Waals surface area contributed by atoms with E-state index < -0.39 is 0 Å². The van der Waals surface area contributed by atoms with Gasteiger partial charge < -0.3 is 4.90 Å². The molecule has 2 atom stereocenters. The van der Waals surface area contributed by atoms with E-state index >= 15 is 0 Å². The van der Waals surface area contributed by atoms with Gasteiger partial charge in [0.15, 0.2) is 0 Å². The molecule has 0 N–H and O–H groups in total. The van der Waals surface area contributed by atoms with Crippen LogP contribution in [0.1, 0.15) is 36.1 Å². The molecule has 2 unspecified atom stereocenters. The highest BCUT2D eigenvalue weighted by molar-refractivity contribution is 8.01. The number of thioether (sulfide) groups is 1. The third-order valence-corrected chi connectivity index (χ3v) is 6.19. The number of nitrogens with zero attached hydrogens (tertiary/aromatic N) is 4. The summed E-state index contributed by atoms with van der Waals surface area (Å²) in [6.07, 6.45) is 2.94. The van der Waals surface area contributed by atoms with Crippen molar-refractivity contribution in [2.75, 3.05) is 13.1 Å². The summed E-state index contributed by atoms with van der Waals surface area (Å²) >= 11 is 1.72. The molecule has 2 aliphatic rings. The van der Waals surface area contributed by atoms with Gasteiger partial charge in [0.2, 0.25) is 5.91 Å². The normalized spacial score (nSPS) is 23.3. The fraction of sp³-hybridized carbons (Fsp3) is 0.500. The van der Waals surface area contributed by atoms with Crippen LogP contribution in [-0.2, 0) is 11.2 Å². The molecule has 126 valence electrons. The van der Waals surface area contributed by atoms with E-state index in [1.165, 1.54) is 10.5 Å². The first-order valence-corrected chi connectivity index (χ1v) is 9.43. The maximum atomic E-state index is 13.0. The van der Waals surface area contributed by atoms with Gasteiger partial charge in [0, 0.05) is 18.0 Å². The quantitative estimate of drug-likeness (QED) is 0.842. The fourth-order valence-electron chi connectivity index (χ4n) is 3.76. The van der Waals surface area contributed by atoms with E-state index in [0.717, 1.165) is 44.0 Å². The summed E-state index contributed by atoms with van der Waals surface area (Å²) in [6.45, 7) is 5.51. The Morgan fingerprint density at radius 1 is 1.29 bits per heavy atom. The zero-order chi connectivity index (χ0) is 16.7. The van der Waals surface area contributed by atoms with Crippen molar-refractivity contribution in [1.29, 1.82) is 0 Å². The minimum Gasteiger partial charge on any atom is -0.340 e. The Kier molecular flexibility index (Phi) is 4.08. The largest absolute Gasteiger partial charge is 0.340 e. The van der Waals surface area contributed by atoms with Crippen molar-refractivity contribution in [2.24, 2.45) is 0 Å². The smallest absolute Gasteiger partial charge is 0.236 e. The fourth-order valence-corrected chi connectivity index (χ4v) is 5.04. The number of rotatable bonds is 2. The van der Waals surface area contributed by atoms with Gasteiger partial charge in [0.05, 0.1) is 11.3 Å². The molecule has 1 aromatic heterocycles. The number of benzene rings is 1. The van der Waals surface area contributed by atoms with Crippen LogP contribution < -0.4 is 0 Å². The first-order valence-electron chi connectivity index (χ1n) is 8.55. The van der Waals surface area contributed by atoms with E-state index in [2.05, 4.69) is 28.3 Å². The topological polar surface area (TPSA) is 51.0 Å². The summed E-state index contributed by atoms with van der Waals surface area (Å²) in [6, 6.07) is 8.60. The third-order valence-electron chi connectivity index (χ3n) is 4.88. The van der Waals surface area contributed by atoms with Gasteiger partial charge in [-0.15, -0.1) is 11.8 Å². The lowest BCUT2D eigenvalue weighted by atomic mass is 10.0. The minimum atomic E-state index is 0.0275. The molecule has 24 heavy (non-hydrogen) atoms. The molecule has 1 aromatic carbocycles. The summed E-state index contributed by atoms with van der Waals surface area (Å²) in [7, 11) is 0. The molecule has 0 bridgehead atoms. The summed E-state index contributed by atoms with van der Waals surface area (Å²) in [5.41, 5.74) is 1.30. The van der Waals surface area contributed by atoms with Crippen LogP contribution >= 0.6 is 11.8 Å². The molecule has 2 aromatic rings. The summed E-state index contributed by atoms with van der Waals surface area (Å²) in [5, 5.41) is 4.55. The van der Waals surface area contributed by atoms with Crippen LogP contribution in [0.3, 0.4) is 0 Å². The highest BCUT2D eigenvalue weighted by Crippen LogP contribution is 2.38. The van der Waals surface area contributed by atoms with Crippen molar-refractivity contribution >= 4 is 17.7 Å². The number of amides is 1. The van der Waals surface area contributed by atoms with Crippen molar-refractivity contribution in [3.05, 3.63) is 41.5 Å². The van der Waals surface area contributed by atoms with Crippen molar-refractivity contribution in [1.82, 2.24) is 19.7 Å². The molecule has 4 rings (SSSR count). The lowest BCUT2D eigenvalue weighted by Crippen LogP contribution is -2.44. The van der Waals surface area contributed by atoms with Crippen molar-refractivity contribution < 1.29 is 4.79 Å². The van der Waals surface area contributed by atoms with Crippen LogP contribution in [0.2, 0.25) is 0 Å². The first-order chi connectivity index (χ1) is 11.6. The molecular formula is C18H22N4OS. The molecule has 1 fully saturated rings. The van der Waals surface area contributed by atoms with E-state index in [4.69, 9.17) is 0 Å². The van der Waals surface area contributed by atoms with Crippen LogP contribution in [0, 0.1) is 13.8 Å². The third kappa shape index (κ3) is 2.83. The average molecular weight is 342 g/mol. The van der Waals surface area contributed by atoms with Gasteiger partial charge >= 0.3 is 0 Å². The molecule has 0 radical (unpaired) electrons. The summed E-state index contributed by atoms with van der Waals surface area (Å²) in [4.78, 5) is 20.7. The molecule has 5 nitrogen and oxygen atoms in total. The number of hydrogen-bond acceptors (Lipinski definition) is 4. The molecule has 6 heteroatoms. The molecular weight excluding hydrogens is 320 g/mol. The van der Waals surface area contributed by atoms with Gasteiger partial charge in [-0.05, 0) is 44.7 Å². The highest BCUT2D eigenvalue weighted by Gasteiger charge is 2.34. The lowest BCUT2D eigenvalue weighted by Gasteiger charge is -2.34. The number of aryl methyl sites for hydroxylation is 2. The maximum Gasteiger partial charge on any atom is 0.236 e. The zero-order valence-corrected chi connectivity index (χ0v) is 14.9. The van der Waals surface area contributed by atoms with Gasteiger partial charge in [-0.25, -0.2) is 9.67 Å². The number of carbonyl (C=O) groups is 1. The number of carbonyl (C=O) groups excluding carboxylic acids is 1. The number of likely N-dealkylation sites (tertiary alicyclic amines) is 1. The second kappa shape index (κ2) is 6.24. The summed E-state index contributed by atoms with van der Waals surface area (Å²) in [5.74, 6) is 2.02. The van der Waals surface area contributed by atoms with Crippen LogP contribution in [-0.4, -0.2) is 43.9 Å². The summed E-state index contributed by atoms with van der Waals surface area (Å²) < 4.78 is 2.01. The predicted molar refractivity (Wildman–Crippen MR) is 94.1 cm³/mol. The second-order valence-corrected chi connectivity index (χ2v) is 7.89. The van der Waals surface area contributed by atoms with Crippen LogP contribution in [0.25, 0.3) is 0 Å². The van der Waals surface area contributed by atoms with E-state index in [9.17, 15) is 4.79 Å². The SMILES string of the molecule is Cc1nc(C)n(C2CCCN(C(=O)C3Cc4ccccc4S3)C2)n1. The van der Waals surface area contributed by atoms with Gasteiger partial charge in [-0.1, -0.05) is 18.2 Å². The van der Waals surface area contributed by atoms with Gasteiger partial charge in [0.1, 0.15) is 11.6 Å². The predicted octanol–water partition coefficient (Wildman–Crippen LogP) is 2.78. The van der Waals surface area contributed by atoms with Crippen LogP contribution in [0.4, 0.5) is 0 Å². The molecule has 1 amide bonds. The molecule has 0 aliphatic carbocycles. The van der Waals surface area contributed by atoms with Crippen LogP contribution in [0.15, 0.2) is 29.2 Å². The Morgan fingerprint density at radius 2 is 2.12 bits per heavy atom. The van der Waals surface area contributed by atoms with E-state index in [1.807, 2.05) is 29.5 Å². The van der Waals surface area contributed by atoms with Crippen molar-refractivity contribution in [3.63, 3.8) is 0 Å². The number of aromatic nitrogens is 3. The van der Waals surface area contributed by atoms with E-state index in [-0.39, 0.29) is 17.2 Å². The Balaban J connectivity index is 1.47. The first kappa shape index (κ1) is 15.7. The average Bonchev–Trinajstić information content (AvgIpc) is 3.17. The van der Waals surface area contributed by atoms with Crippen LogP contribution in [0.5, 0.6) is 0 Å². The second-order valence-electron chi connectivity index (χ2n) is 6.65. The lowest BCUT2D eigenvalue weighted by molar-refractivity contribution is -0.132. The van der Waals surface area contributed by atoms with E-state index in [0.29, 0.717) is 0 Å². The minimum absolute atomic E-state index is 0.0275. The maximum absolute atomic E-state index is 13.0. The molecule has 0 saturated carbocycles. The van der Waals surface area contributed by atoms with Crippen molar-refractivity contribution in [3.8, 4) is 0 Å². The Bertz CT molecular complexity index is 747. The Labute approximate surface area is 146 Å². The number of piperidine rings is 1. The van der Waals surface area contributed by atoms with Gasteiger partial charge in [-0.2, -0.15) is 5.10 Å². The Hall–Kier alpha value is -1.82. The molecule has 2 aliphatic heterocycles. The molecule has 1 saturated heterocycles. The van der Waals surface area contributed by atoms with Gasteiger partial charge in [-0.3, -0.25) is 4.79 Å². The number of hydrogen-bond donors (Lipinski definition) is 0. The number of fused-ring (bicyclic) bond motifs is 1. The van der Waals surface area contributed by atoms with Gasteiger partial charge in [0.25, 0.3) is 0 Å². The highest BCUT2D eigenvalue weighted by atomic mass is 32.2. The zero-order valence-electron chi connectivity index (χ0n) is 14.1. The Morgan fingerprint density at radius 3 is 2.88 bits per heavy atom. The molecule has 0 spiro atoms.